The third-order valence-corrected chi connectivity index (χ3v) is 5.80. The summed E-state index contributed by atoms with van der Waals surface area (Å²) in [6, 6.07) is 11.0. The van der Waals surface area contributed by atoms with Crippen molar-refractivity contribution in [3.8, 4) is 6.07 Å². The van der Waals surface area contributed by atoms with Crippen molar-refractivity contribution in [2.24, 2.45) is 5.10 Å². The molecule has 10 nitrogen and oxygen atoms in total. The number of aromatic nitrogens is 3. The van der Waals surface area contributed by atoms with Gasteiger partial charge in [0.1, 0.15) is 18.3 Å². The van der Waals surface area contributed by atoms with Gasteiger partial charge in [-0.3, -0.25) is 24.6 Å². The number of aryl methyl sites for hydroxylation is 1. The standard InChI is InChI=1S/C18H12ClN7O2.C7H6F3N/c1-25-18(28)16(10-2-4-12(19)5-3-10)15(11-7-21-13(6-20)22-8-11)17-24-23-14(27)9-26(17)25;1-5-2-3-6(11-4-5)7(8,9)10/h2-5,7-8H,9H2,1H3,(H,23,27);2-4H,1H3. The number of nitriles is 1. The highest BCUT2D eigenvalue weighted by Gasteiger charge is 2.39. The van der Waals surface area contributed by atoms with Crippen LogP contribution in [-0.2, 0) is 15.8 Å². The number of benzene rings is 1. The molecule has 3 aromatic rings. The molecule has 0 aliphatic carbocycles. The average Bonchev–Trinajstić information content (AvgIpc) is 2.91. The van der Waals surface area contributed by atoms with Crippen LogP contribution in [0.4, 0.5) is 13.2 Å². The summed E-state index contributed by atoms with van der Waals surface area (Å²) >= 11 is 5.99. The number of hydrogen-bond acceptors (Lipinski definition) is 8. The molecule has 0 saturated heterocycles. The fourth-order valence-corrected chi connectivity index (χ4v) is 3.78. The van der Waals surface area contributed by atoms with Crippen molar-refractivity contribution in [3.05, 3.63) is 88.2 Å². The summed E-state index contributed by atoms with van der Waals surface area (Å²) in [5.74, 6) is -0.281. The molecule has 2 amide bonds. The molecule has 1 N–H and O–H groups in total. The van der Waals surface area contributed by atoms with E-state index < -0.39 is 11.9 Å². The fraction of sp³-hybridized carbons (Fsp3) is 0.160. The van der Waals surface area contributed by atoms with Crippen LogP contribution in [0.15, 0.2) is 60.1 Å². The van der Waals surface area contributed by atoms with Gasteiger partial charge in [0.05, 0.1) is 5.57 Å². The van der Waals surface area contributed by atoms with Crippen LogP contribution in [0.25, 0.3) is 11.1 Å². The van der Waals surface area contributed by atoms with E-state index in [9.17, 15) is 22.8 Å². The number of alkyl halides is 3. The minimum atomic E-state index is -4.33. The Balaban J connectivity index is 0.000000270. The molecule has 2 aliphatic heterocycles. The van der Waals surface area contributed by atoms with Crippen LogP contribution < -0.4 is 5.43 Å². The van der Waals surface area contributed by atoms with Crippen molar-refractivity contribution >= 4 is 40.4 Å². The fourth-order valence-electron chi connectivity index (χ4n) is 3.65. The third-order valence-electron chi connectivity index (χ3n) is 5.54. The summed E-state index contributed by atoms with van der Waals surface area (Å²) in [6.45, 7) is 1.63. The van der Waals surface area contributed by atoms with E-state index in [4.69, 9.17) is 16.9 Å². The van der Waals surface area contributed by atoms with Gasteiger partial charge in [-0.15, -0.1) is 0 Å². The molecule has 0 unspecified atom stereocenters. The second kappa shape index (κ2) is 10.9. The second-order valence-electron chi connectivity index (χ2n) is 8.24. The molecule has 0 spiro atoms. The molecule has 0 radical (unpaired) electrons. The predicted molar refractivity (Wildman–Crippen MR) is 134 cm³/mol. The van der Waals surface area contributed by atoms with Crippen LogP contribution in [-0.4, -0.2) is 56.2 Å². The van der Waals surface area contributed by atoms with E-state index in [0.717, 1.165) is 11.6 Å². The Morgan fingerprint density at radius 3 is 2.21 bits per heavy atom. The smallest absolute Gasteiger partial charge is 0.271 e. The molecule has 2 aliphatic rings. The largest absolute Gasteiger partial charge is 0.433 e. The summed E-state index contributed by atoms with van der Waals surface area (Å²) in [4.78, 5) is 36.2. The van der Waals surface area contributed by atoms with Gasteiger partial charge in [-0.1, -0.05) is 29.8 Å². The van der Waals surface area contributed by atoms with Gasteiger partial charge < -0.3 is 0 Å². The molecule has 0 fully saturated rings. The van der Waals surface area contributed by atoms with Gasteiger partial charge in [-0.2, -0.15) is 23.5 Å². The van der Waals surface area contributed by atoms with E-state index in [-0.39, 0.29) is 24.2 Å². The topological polar surface area (TPSA) is 127 Å². The van der Waals surface area contributed by atoms with Gasteiger partial charge in [0, 0.05) is 41.8 Å². The van der Waals surface area contributed by atoms with Gasteiger partial charge in [0.25, 0.3) is 11.8 Å². The summed E-state index contributed by atoms with van der Waals surface area (Å²) in [7, 11) is 1.57. The van der Waals surface area contributed by atoms with Crippen LogP contribution in [0.2, 0.25) is 5.02 Å². The number of carbonyl (C=O) groups is 2. The number of amidine groups is 1. The molecule has 4 heterocycles. The molecule has 2 aromatic heterocycles. The quantitative estimate of drug-likeness (QED) is 0.514. The third kappa shape index (κ3) is 5.86. The van der Waals surface area contributed by atoms with E-state index in [1.807, 2.05) is 6.07 Å². The molecule has 1 aromatic carbocycles. The van der Waals surface area contributed by atoms with Gasteiger partial charge >= 0.3 is 6.18 Å². The number of rotatable bonds is 2. The zero-order valence-corrected chi connectivity index (χ0v) is 21.1. The summed E-state index contributed by atoms with van der Waals surface area (Å²) < 4.78 is 35.6. The zero-order chi connectivity index (χ0) is 28.3. The lowest BCUT2D eigenvalue weighted by Crippen LogP contribution is -2.57. The Kier molecular flexibility index (Phi) is 7.59. The molecule has 39 heavy (non-hydrogen) atoms. The molecule has 0 atom stereocenters. The van der Waals surface area contributed by atoms with E-state index in [1.165, 1.54) is 34.7 Å². The van der Waals surface area contributed by atoms with E-state index in [0.29, 0.717) is 33.1 Å². The number of pyridine rings is 1. The van der Waals surface area contributed by atoms with Crippen molar-refractivity contribution in [3.63, 3.8) is 0 Å². The molecule has 5 rings (SSSR count). The highest BCUT2D eigenvalue weighted by molar-refractivity contribution is 6.43. The minimum absolute atomic E-state index is 0.00684. The first-order chi connectivity index (χ1) is 18.5. The maximum absolute atomic E-state index is 13.2. The molecule has 198 valence electrons. The lowest BCUT2D eigenvalue weighted by atomic mass is 9.92. The summed E-state index contributed by atoms with van der Waals surface area (Å²) in [6.07, 6.45) is -0.227. The normalized spacial score (nSPS) is 15.1. The van der Waals surface area contributed by atoms with Crippen molar-refractivity contribution in [1.82, 2.24) is 30.4 Å². The Labute approximate surface area is 225 Å². The maximum Gasteiger partial charge on any atom is 0.433 e. The molecular formula is C25H18ClF3N8O2. The summed E-state index contributed by atoms with van der Waals surface area (Å²) in [5, 5.41) is 16.5. The number of hydrogen-bond donors (Lipinski definition) is 1. The second-order valence-corrected chi connectivity index (χ2v) is 8.68. The Morgan fingerprint density at radius 1 is 0.974 bits per heavy atom. The van der Waals surface area contributed by atoms with Gasteiger partial charge in [-0.05, 0) is 36.2 Å². The summed E-state index contributed by atoms with van der Waals surface area (Å²) in [5.41, 5.74) is 4.25. The van der Waals surface area contributed by atoms with Crippen LogP contribution in [0.5, 0.6) is 0 Å². The van der Waals surface area contributed by atoms with Crippen molar-refractivity contribution in [2.75, 3.05) is 13.6 Å². The highest BCUT2D eigenvalue weighted by atomic mass is 35.5. The van der Waals surface area contributed by atoms with Gasteiger partial charge in [0.15, 0.2) is 5.84 Å². The monoisotopic (exact) mass is 554 g/mol. The van der Waals surface area contributed by atoms with E-state index >= 15 is 0 Å². The lowest BCUT2D eigenvalue weighted by Gasteiger charge is -2.41. The van der Waals surface area contributed by atoms with Crippen LogP contribution >= 0.6 is 11.6 Å². The Bertz CT molecular complexity index is 1510. The first-order valence-corrected chi connectivity index (χ1v) is 11.5. The number of nitrogens with zero attached hydrogens (tertiary/aromatic N) is 7. The van der Waals surface area contributed by atoms with Crippen molar-refractivity contribution in [1.29, 1.82) is 5.26 Å². The van der Waals surface area contributed by atoms with Crippen molar-refractivity contribution < 1.29 is 22.8 Å². The number of amides is 2. The number of halogens is 4. The molecular weight excluding hydrogens is 537 g/mol. The average molecular weight is 555 g/mol. The maximum atomic E-state index is 13.2. The van der Waals surface area contributed by atoms with Crippen LogP contribution in [0.3, 0.4) is 0 Å². The lowest BCUT2D eigenvalue weighted by molar-refractivity contribution is -0.141. The van der Waals surface area contributed by atoms with E-state index in [2.05, 4.69) is 25.5 Å². The number of nitrogens with one attached hydrogen (secondary N) is 1. The zero-order valence-electron chi connectivity index (χ0n) is 20.4. The number of fused-ring (bicyclic) bond motifs is 1. The van der Waals surface area contributed by atoms with Crippen LogP contribution in [0, 0.1) is 18.3 Å². The Morgan fingerprint density at radius 2 is 1.64 bits per heavy atom. The van der Waals surface area contributed by atoms with Crippen LogP contribution in [0.1, 0.15) is 28.2 Å². The molecule has 14 heteroatoms. The van der Waals surface area contributed by atoms with Gasteiger partial charge in [0.2, 0.25) is 5.82 Å². The first-order valence-electron chi connectivity index (χ1n) is 11.1. The Hall–Kier alpha value is -4.83. The number of carbonyl (C=O) groups excluding carboxylic acids is 2. The molecule has 0 bridgehead atoms. The number of hydrazine groups is 1. The van der Waals surface area contributed by atoms with E-state index in [1.54, 1.807) is 38.2 Å². The SMILES string of the molecule is CN1C(=O)C(c2ccc(Cl)cc2)=C(c2cnc(C#N)nc2)C2=NNC(=O)CN21.Cc1ccc(C(F)(F)F)nc1. The number of likely N-dealkylation sites (N-methyl/N-ethyl adjacent to an activating group) is 1. The van der Waals surface area contributed by atoms with Gasteiger partial charge in [-0.25, -0.2) is 15.4 Å². The first kappa shape index (κ1) is 27.2. The molecule has 0 saturated carbocycles. The highest BCUT2D eigenvalue weighted by Crippen LogP contribution is 2.35. The number of hydrazone groups is 1. The minimum Gasteiger partial charge on any atom is -0.271 e. The predicted octanol–water partition coefficient (Wildman–Crippen LogP) is 3.45. The van der Waals surface area contributed by atoms with Crippen molar-refractivity contribution in [2.45, 2.75) is 13.1 Å².